The van der Waals surface area contributed by atoms with Crippen molar-refractivity contribution in [3.8, 4) is 0 Å². The molecule has 2 rings (SSSR count). The van der Waals surface area contributed by atoms with Gasteiger partial charge in [0.1, 0.15) is 13.3 Å². The fraction of sp³-hybridized carbons (Fsp3) is 0.222. The SMILES string of the molecule is NCC(=O)NCOC(C(=O)OCc1ccccc1)c1ccccc1. The van der Waals surface area contributed by atoms with Crippen LogP contribution in [0.5, 0.6) is 0 Å². The second kappa shape index (κ2) is 9.44. The molecule has 2 aromatic carbocycles. The van der Waals surface area contributed by atoms with Crippen molar-refractivity contribution >= 4 is 11.9 Å². The summed E-state index contributed by atoms with van der Waals surface area (Å²) in [6.07, 6.45) is -0.923. The Balaban J connectivity index is 1.98. The zero-order chi connectivity index (χ0) is 17.2. The molecule has 24 heavy (non-hydrogen) atoms. The molecule has 0 aromatic heterocycles. The van der Waals surface area contributed by atoms with E-state index in [0.29, 0.717) is 5.56 Å². The van der Waals surface area contributed by atoms with Crippen LogP contribution in [0.15, 0.2) is 60.7 Å². The molecule has 6 heteroatoms. The lowest BCUT2D eigenvalue weighted by Crippen LogP contribution is -2.33. The van der Waals surface area contributed by atoms with Crippen molar-refractivity contribution in [1.29, 1.82) is 0 Å². The summed E-state index contributed by atoms with van der Waals surface area (Å²) in [5.74, 6) is -0.883. The molecule has 0 saturated heterocycles. The highest BCUT2D eigenvalue weighted by Crippen LogP contribution is 2.19. The molecule has 0 aliphatic carbocycles. The molecule has 0 aliphatic rings. The zero-order valence-corrected chi connectivity index (χ0v) is 13.2. The Labute approximate surface area is 140 Å². The maximum absolute atomic E-state index is 12.4. The van der Waals surface area contributed by atoms with Gasteiger partial charge >= 0.3 is 5.97 Å². The molecule has 0 radical (unpaired) electrons. The highest BCUT2D eigenvalue weighted by atomic mass is 16.6. The van der Waals surface area contributed by atoms with Crippen LogP contribution < -0.4 is 11.1 Å². The van der Waals surface area contributed by atoms with Crippen molar-refractivity contribution in [1.82, 2.24) is 5.32 Å². The number of esters is 1. The van der Waals surface area contributed by atoms with E-state index in [0.717, 1.165) is 5.56 Å². The van der Waals surface area contributed by atoms with E-state index in [1.165, 1.54) is 0 Å². The molecule has 1 amide bonds. The van der Waals surface area contributed by atoms with Crippen molar-refractivity contribution in [3.63, 3.8) is 0 Å². The summed E-state index contributed by atoms with van der Waals surface area (Å²) in [4.78, 5) is 23.6. The first-order valence-electron chi connectivity index (χ1n) is 7.54. The minimum Gasteiger partial charge on any atom is -0.459 e. The molecule has 3 N–H and O–H groups in total. The van der Waals surface area contributed by atoms with Gasteiger partial charge in [-0.25, -0.2) is 4.79 Å². The largest absolute Gasteiger partial charge is 0.459 e. The molecule has 0 spiro atoms. The van der Waals surface area contributed by atoms with Gasteiger partial charge in [-0.15, -0.1) is 0 Å². The van der Waals surface area contributed by atoms with E-state index >= 15 is 0 Å². The quantitative estimate of drug-likeness (QED) is 0.566. The molecule has 126 valence electrons. The van der Waals surface area contributed by atoms with Gasteiger partial charge in [-0.1, -0.05) is 60.7 Å². The predicted molar refractivity (Wildman–Crippen MR) is 88.6 cm³/mol. The van der Waals surface area contributed by atoms with E-state index in [1.54, 1.807) is 24.3 Å². The normalized spacial score (nSPS) is 11.5. The number of nitrogens with one attached hydrogen (secondary N) is 1. The van der Waals surface area contributed by atoms with Crippen molar-refractivity contribution in [2.75, 3.05) is 13.3 Å². The minimum absolute atomic E-state index is 0.129. The number of hydrogen-bond acceptors (Lipinski definition) is 5. The van der Waals surface area contributed by atoms with Crippen LogP contribution in [0.3, 0.4) is 0 Å². The van der Waals surface area contributed by atoms with Crippen LogP contribution >= 0.6 is 0 Å². The molecule has 0 fully saturated rings. The highest BCUT2D eigenvalue weighted by molar-refractivity contribution is 5.78. The topological polar surface area (TPSA) is 90.7 Å². The zero-order valence-electron chi connectivity index (χ0n) is 13.2. The summed E-state index contributed by atoms with van der Waals surface area (Å²) in [5.41, 5.74) is 6.75. The Morgan fingerprint density at radius 1 is 1.00 bits per heavy atom. The lowest BCUT2D eigenvalue weighted by molar-refractivity contribution is -0.160. The summed E-state index contributed by atoms with van der Waals surface area (Å²) >= 11 is 0. The fourth-order valence-electron chi connectivity index (χ4n) is 2.01. The Morgan fingerprint density at radius 2 is 1.62 bits per heavy atom. The number of ether oxygens (including phenoxy) is 2. The van der Waals surface area contributed by atoms with Crippen molar-refractivity contribution in [2.24, 2.45) is 5.73 Å². The second-order valence-electron chi connectivity index (χ2n) is 5.00. The summed E-state index contributed by atoms with van der Waals surface area (Å²) in [6.45, 7) is -0.116. The first-order valence-corrected chi connectivity index (χ1v) is 7.54. The van der Waals surface area contributed by atoms with E-state index in [4.69, 9.17) is 15.2 Å². The molecule has 1 unspecified atom stereocenters. The third kappa shape index (κ3) is 5.49. The summed E-state index contributed by atoms with van der Waals surface area (Å²) in [5, 5.41) is 2.47. The summed E-state index contributed by atoms with van der Waals surface area (Å²) in [6, 6.07) is 18.3. The van der Waals surface area contributed by atoms with Crippen molar-refractivity contribution in [2.45, 2.75) is 12.7 Å². The van der Waals surface area contributed by atoms with Gasteiger partial charge in [-0.2, -0.15) is 0 Å². The molecular formula is C18H20N2O4. The van der Waals surface area contributed by atoms with Crippen LogP contribution in [0.1, 0.15) is 17.2 Å². The number of amides is 1. The van der Waals surface area contributed by atoms with Gasteiger partial charge in [0.2, 0.25) is 5.91 Å². The number of benzene rings is 2. The summed E-state index contributed by atoms with van der Waals surface area (Å²) < 4.78 is 10.8. The number of carbonyl (C=O) groups excluding carboxylic acids is 2. The Kier molecular flexibility index (Phi) is 6.94. The van der Waals surface area contributed by atoms with Gasteiger partial charge in [0.15, 0.2) is 6.10 Å². The third-order valence-electron chi connectivity index (χ3n) is 3.25. The monoisotopic (exact) mass is 328 g/mol. The van der Waals surface area contributed by atoms with Crippen LogP contribution in [-0.4, -0.2) is 25.2 Å². The number of rotatable bonds is 8. The molecule has 1 atom stereocenters. The van der Waals surface area contributed by atoms with Crippen LogP contribution in [0.25, 0.3) is 0 Å². The van der Waals surface area contributed by atoms with E-state index in [9.17, 15) is 9.59 Å². The van der Waals surface area contributed by atoms with E-state index < -0.39 is 12.1 Å². The maximum Gasteiger partial charge on any atom is 0.340 e. The van der Waals surface area contributed by atoms with E-state index in [2.05, 4.69) is 5.32 Å². The van der Waals surface area contributed by atoms with Gasteiger partial charge < -0.3 is 20.5 Å². The average molecular weight is 328 g/mol. The van der Waals surface area contributed by atoms with E-state index in [1.807, 2.05) is 36.4 Å². The predicted octanol–water partition coefficient (Wildman–Crippen LogP) is 1.52. The van der Waals surface area contributed by atoms with Crippen molar-refractivity contribution < 1.29 is 19.1 Å². The van der Waals surface area contributed by atoms with Gasteiger partial charge in [0.25, 0.3) is 0 Å². The van der Waals surface area contributed by atoms with Gasteiger partial charge in [0, 0.05) is 0 Å². The van der Waals surface area contributed by atoms with Crippen LogP contribution in [0.4, 0.5) is 0 Å². The lowest BCUT2D eigenvalue weighted by Gasteiger charge is -2.17. The second-order valence-corrected chi connectivity index (χ2v) is 5.00. The van der Waals surface area contributed by atoms with Crippen molar-refractivity contribution in [3.05, 3.63) is 71.8 Å². The summed E-state index contributed by atoms with van der Waals surface area (Å²) in [7, 11) is 0. The first kappa shape index (κ1) is 17.7. The van der Waals surface area contributed by atoms with Gasteiger partial charge in [-0.05, 0) is 11.1 Å². The lowest BCUT2D eigenvalue weighted by atomic mass is 10.1. The minimum atomic E-state index is -0.923. The average Bonchev–Trinajstić information content (AvgIpc) is 2.64. The molecule has 0 saturated carbocycles. The molecule has 0 heterocycles. The Bertz CT molecular complexity index is 647. The molecule has 0 bridgehead atoms. The molecular weight excluding hydrogens is 308 g/mol. The van der Waals surface area contributed by atoms with Crippen LogP contribution in [0.2, 0.25) is 0 Å². The van der Waals surface area contributed by atoms with Crippen LogP contribution in [0, 0.1) is 0 Å². The molecule has 0 aliphatic heterocycles. The molecule has 6 nitrogen and oxygen atoms in total. The van der Waals surface area contributed by atoms with E-state index in [-0.39, 0.29) is 25.8 Å². The molecule has 2 aromatic rings. The van der Waals surface area contributed by atoms with Gasteiger partial charge in [0.05, 0.1) is 6.54 Å². The third-order valence-corrected chi connectivity index (χ3v) is 3.25. The number of nitrogens with two attached hydrogens (primary N) is 1. The first-order chi connectivity index (χ1) is 11.7. The number of carbonyl (C=O) groups is 2. The Hall–Kier alpha value is -2.70. The maximum atomic E-state index is 12.4. The fourth-order valence-corrected chi connectivity index (χ4v) is 2.01. The smallest absolute Gasteiger partial charge is 0.340 e. The standard InChI is InChI=1S/C18H20N2O4/c19-11-16(21)20-13-24-17(15-9-5-2-6-10-15)18(22)23-12-14-7-3-1-4-8-14/h1-10,17H,11-13,19H2,(H,20,21). The van der Waals surface area contributed by atoms with Crippen LogP contribution in [-0.2, 0) is 25.7 Å². The highest BCUT2D eigenvalue weighted by Gasteiger charge is 2.23. The Morgan fingerprint density at radius 3 is 2.25 bits per heavy atom. The van der Waals surface area contributed by atoms with Gasteiger partial charge in [-0.3, -0.25) is 4.79 Å². The number of hydrogen-bond donors (Lipinski definition) is 2.